The predicted molar refractivity (Wildman–Crippen MR) is 305 cm³/mol. The number of alkyl halides is 1. The van der Waals surface area contributed by atoms with Gasteiger partial charge in [0.05, 0.1) is 18.1 Å². The van der Waals surface area contributed by atoms with Gasteiger partial charge >= 0.3 is 24.3 Å². The summed E-state index contributed by atoms with van der Waals surface area (Å²) in [6.45, 7) is 31.6. The molecule has 3 aliphatic heterocycles. The van der Waals surface area contributed by atoms with Gasteiger partial charge in [0.1, 0.15) is 72.4 Å². The van der Waals surface area contributed by atoms with Gasteiger partial charge in [-0.1, -0.05) is 59.6 Å². The van der Waals surface area contributed by atoms with Crippen molar-refractivity contribution in [1.29, 1.82) is 0 Å². The standard InChI is InChI=1S/C59H77F2N9O8Si/c1-34(2)79(35(3)4,36(5)6)28-21-38-19-17-20-39-29-41(64-53(71)76-56(8,9)10)30-42(43(38)39)47-45(61)48-44-49(67-52(66-48)75-33-59-22-18-25-68(59)32-40(60)31-59)69(26-27-74-51(44)65-47)37(7)46-50(63-24-23-62-46)70(54(72)77-57(11,12)13)55(73)78-58(14,15)16/h17,19-20,23-24,29-30,34-37,40H,18,22,25-27,31-33H2,1-16H3,(H,64,71)/t37-,40-,59+/m1/s1. The number of carbonyl (C=O) groups is 3. The van der Waals surface area contributed by atoms with Gasteiger partial charge in [0.15, 0.2) is 11.6 Å². The molecular formula is C59H77F2N9O8Si. The van der Waals surface area contributed by atoms with Crippen molar-refractivity contribution in [2.24, 2.45) is 0 Å². The van der Waals surface area contributed by atoms with Crippen LogP contribution in [0.5, 0.6) is 11.9 Å². The Morgan fingerprint density at radius 3 is 2.14 bits per heavy atom. The fourth-order valence-electron chi connectivity index (χ4n) is 11.7. The number of rotatable bonds is 11. The number of nitrogens with one attached hydrogen (secondary N) is 1. The van der Waals surface area contributed by atoms with E-state index in [9.17, 15) is 14.4 Å². The van der Waals surface area contributed by atoms with E-state index in [2.05, 4.69) is 68.2 Å². The minimum absolute atomic E-state index is 0.00384. The van der Waals surface area contributed by atoms with Crippen LogP contribution in [0.25, 0.3) is 32.9 Å². The average molecular weight is 1110 g/mol. The summed E-state index contributed by atoms with van der Waals surface area (Å²) in [7, 11) is -2.29. The van der Waals surface area contributed by atoms with Crippen LogP contribution in [0.2, 0.25) is 16.6 Å². The highest BCUT2D eigenvalue weighted by molar-refractivity contribution is 6.90. The second-order valence-corrected chi connectivity index (χ2v) is 30.6. The van der Waals surface area contributed by atoms with Crippen molar-refractivity contribution in [3.63, 3.8) is 0 Å². The predicted octanol–water partition coefficient (Wildman–Crippen LogP) is 13.3. The van der Waals surface area contributed by atoms with E-state index >= 15 is 8.78 Å². The van der Waals surface area contributed by atoms with Crippen molar-refractivity contribution in [2.45, 2.75) is 181 Å². The van der Waals surface area contributed by atoms with Gasteiger partial charge in [-0.05, 0) is 129 Å². The normalized spacial score (nSPS) is 18.2. The lowest BCUT2D eigenvalue weighted by atomic mass is 9.95. The van der Waals surface area contributed by atoms with Crippen LogP contribution in [-0.4, -0.2) is 118 Å². The number of anilines is 3. The van der Waals surface area contributed by atoms with Gasteiger partial charge in [0.25, 0.3) is 0 Å². The molecule has 17 nitrogen and oxygen atoms in total. The molecule has 79 heavy (non-hydrogen) atoms. The molecule has 5 aromatic rings. The summed E-state index contributed by atoms with van der Waals surface area (Å²) in [5.74, 6) is 2.71. The van der Waals surface area contributed by atoms with Crippen LogP contribution in [0.3, 0.4) is 0 Å². The molecule has 2 saturated heterocycles. The Kier molecular flexibility index (Phi) is 16.3. The Bertz CT molecular complexity index is 3170. The quantitative estimate of drug-likeness (QED) is 0.0748. The summed E-state index contributed by atoms with van der Waals surface area (Å²) >= 11 is 0. The molecule has 3 aromatic heterocycles. The average Bonchev–Trinajstić information content (AvgIpc) is 4.06. The molecule has 6 heterocycles. The minimum Gasteiger partial charge on any atom is -0.475 e. The number of carbonyl (C=O) groups excluding carboxylic acids is 3. The van der Waals surface area contributed by atoms with Crippen LogP contribution in [-0.2, 0) is 14.2 Å². The third-order valence-electron chi connectivity index (χ3n) is 14.9. The number of imide groups is 1. The molecule has 2 fully saturated rings. The van der Waals surface area contributed by atoms with E-state index in [0.29, 0.717) is 62.1 Å². The van der Waals surface area contributed by atoms with Gasteiger partial charge in [-0.25, -0.2) is 33.1 Å². The topological polar surface area (TPSA) is 184 Å². The number of benzene rings is 2. The summed E-state index contributed by atoms with van der Waals surface area (Å²) in [6.07, 6.45) is 0.742. The Morgan fingerprint density at radius 2 is 1.51 bits per heavy atom. The van der Waals surface area contributed by atoms with Crippen molar-refractivity contribution in [2.75, 3.05) is 48.0 Å². The number of ether oxygens (including phenoxy) is 5. The first-order valence-electron chi connectivity index (χ1n) is 27.4. The van der Waals surface area contributed by atoms with E-state index in [1.54, 1.807) is 86.3 Å². The minimum atomic E-state index is -2.29. The zero-order valence-corrected chi connectivity index (χ0v) is 49.7. The van der Waals surface area contributed by atoms with Crippen LogP contribution < -0.4 is 24.6 Å². The number of nitrogens with zero attached hydrogens (tertiary/aromatic N) is 8. The fraction of sp³-hybridized carbons (Fsp3) is 0.559. The van der Waals surface area contributed by atoms with E-state index < -0.39 is 66.7 Å². The number of pyridine rings is 1. The largest absolute Gasteiger partial charge is 0.475 e. The van der Waals surface area contributed by atoms with Crippen LogP contribution in [0.15, 0.2) is 42.7 Å². The fourth-order valence-corrected chi connectivity index (χ4v) is 16.9. The second-order valence-electron chi connectivity index (χ2n) is 25.0. The van der Waals surface area contributed by atoms with E-state index in [1.807, 2.05) is 18.2 Å². The smallest absolute Gasteiger partial charge is 0.425 e. The Balaban J connectivity index is 1.37. The Hall–Kier alpha value is -6.72. The maximum atomic E-state index is 18.6. The number of fused-ring (bicyclic) bond motifs is 2. The Labute approximate surface area is 463 Å². The van der Waals surface area contributed by atoms with Crippen molar-refractivity contribution in [1.82, 2.24) is 29.8 Å². The molecule has 0 radical (unpaired) electrons. The number of hydrogen-bond acceptors (Lipinski definition) is 15. The summed E-state index contributed by atoms with van der Waals surface area (Å²) in [4.78, 5) is 70.2. The lowest BCUT2D eigenvalue weighted by molar-refractivity contribution is 0.0426. The number of halogens is 2. The first-order chi connectivity index (χ1) is 36.9. The molecule has 0 spiro atoms. The molecule has 0 aliphatic carbocycles. The van der Waals surface area contributed by atoms with Gasteiger partial charge < -0.3 is 28.6 Å². The zero-order valence-electron chi connectivity index (χ0n) is 48.7. The van der Waals surface area contributed by atoms with Crippen molar-refractivity contribution >= 4 is 65.4 Å². The SMILES string of the molecule is CC(C)[Si](C#Cc1cccc2cc(NC(=O)OC(C)(C)C)cc(-c3nc4c5c(nc(OC[C@@]67CCCN6C[C@H](F)C7)nc5c3F)N([C@H](C)c3nccnc3N(C(=O)OC(C)(C)C)C(=O)OC(C)(C)C)CCO4)c12)(C(C)C)C(C)C. The lowest BCUT2D eigenvalue weighted by Crippen LogP contribution is -2.45. The zero-order chi connectivity index (χ0) is 57.7. The second kappa shape index (κ2) is 22.1. The lowest BCUT2D eigenvalue weighted by Gasteiger charge is -2.38. The molecule has 0 unspecified atom stereocenters. The van der Waals surface area contributed by atoms with Crippen molar-refractivity contribution in [3.05, 3.63) is 59.8 Å². The highest BCUT2D eigenvalue weighted by Crippen LogP contribution is 2.46. The maximum Gasteiger partial charge on any atom is 0.425 e. The third kappa shape index (κ3) is 12.2. The van der Waals surface area contributed by atoms with Crippen LogP contribution in [0.1, 0.15) is 147 Å². The number of hydrogen-bond donors (Lipinski definition) is 1. The highest BCUT2D eigenvalue weighted by Gasteiger charge is 2.50. The summed E-state index contributed by atoms with van der Waals surface area (Å²) in [6, 6.07) is 8.06. The van der Waals surface area contributed by atoms with Crippen LogP contribution in [0.4, 0.5) is 40.5 Å². The molecule has 424 valence electrons. The van der Waals surface area contributed by atoms with E-state index in [4.69, 9.17) is 43.6 Å². The van der Waals surface area contributed by atoms with Gasteiger partial charge in [-0.3, -0.25) is 15.2 Å². The molecule has 2 aromatic carbocycles. The summed E-state index contributed by atoms with van der Waals surface area (Å²) in [5, 5.41) is 4.20. The molecule has 3 atom stereocenters. The van der Waals surface area contributed by atoms with Crippen LogP contribution in [0, 0.1) is 17.3 Å². The molecule has 8 rings (SSSR count). The van der Waals surface area contributed by atoms with E-state index in [1.165, 1.54) is 12.4 Å². The highest BCUT2D eigenvalue weighted by atomic mass is 28.3. The summed E-state index contributed by atoms with van der Waals surface area (Å²) < 4.78 is 64.0. The number of amides is 3. The summed E-state index contributed by atoms with van der Waals surface area (Å²) in [5.41, 5.74) is 2.41. The van der Waals surface area contributed by atoms with Gasteiger partial charge in [0, 0.05) is 47.6 Å². The van der Waals surface area contributed by atoms with Crippen molar-refractivity contribution in [3.8, 4) is 34.6 Å². The molecule has 0 bridgehead atoms. The third-order valence-corrected chi connectivity index (χ3v) is 21.2. The monoisotopic (exact) mass is 1110 g/mol. The molecule has 0 saturated carbocycles. The first kappa shape index (κ1) is 58.4. The van der Waals surface area contributed by atoms with E-state index in [0.717, 1.165) is 6.42 Å². The molecule has 1 N–H and O–H groups in total. The molecular weight excluding hydrogens is 1030 g/mol. The van der Waals surface area contributed by atoms with Gasteiger partial charge in [-0.2, -0.15) is 14.9 Å². The maximum absolute atomic E-state index is 18.6. The van der Waals surface area contributed by atoms with Crippen LogP contribution >= 0.6 is 0 Å². The van der Waals surface area contributed by atoms with Gasteiger partial charge in [0.2, 0.25) is 5.88 Å². The molecule has 3 aliphatic rings. The van der Waals surface area contributed by atoms with Gasteiger partial charge in [-0.15, -0.1) is 5.54 Å². The number of aromatic nitrogens is 5. The first-order valence-corrected chi connectivity index (χ1v) is 29.6. The van der Waals surface area contributed by atoms with E-state index in [-0.39, 0.29) is 78.5 Å². The molecule has 3 amide bonds. The van der Waals surface area contributed by atoms with Crippen molar-refractivity contribution < 1.29 is 46.8 Å². The Morgan fingerprint density at radius 1 is 0.861 bits per heavy atom. The molecule has 20 heteroatoms.